The van der Waals surface area contributed by atoms with Crippen molar-refractivity contribution in [2.75, 3.05) is 31.1 Å². The second-order valence-corrected chi connectivity index (χ2v) is 7.52. The lowest BCUT2D eigenvalue weighted by atomic mass is 10.0. The molecule has 2 N–H and O–H groups in total. The SMILES string of the molecule is Cl.O=C1NCCN1c1ccc(C(=O)N(Cc2ccccn2)C2CCCNCC2)cc1. The summed E-state index contributed by atoms with van der Waals surface area (Å²) in [5.74, 6) is 0.0139. The molecule has 1 unspecified atom stereocenters. The summed E-state index contributed by atoms with van der Waals surface area (Å²) in [5, 5.41) is 6.22. The molecule has 1 aromatic heterocycles. The van der Waals surface area contributed by atoms with Gasteiger partial charge in [0.2, 0.25) is 0 Å². The quantitative estimate of drug-likeness (QED) is 0.766. The van der Waals surface area contributed by atoms with E-state index in [4.69, 9.17) is 0 Å². The number of anilines is 1. The number of rotatable bonds is 5. The van der Waals surface area contributed by atoms with E-state index in [1.807, 2.05) is 47.4 Å². The molecule has 2 aliphatic rings. The first-order valence-electron chi connectivity index (χ1n) is 10.3. The first-order valence-corrected chi connectivity index (χ1v) is 10.3. The molecule has 1 atom stereocenters. The molecule has 0 bridgehead atoms. The zero-order valence-electron chi connectivity index (χ0n) is 16.9. The summed E-state index contributed by atoms with van der Waals surface area (Å²) in [4.78, 5) is 33.4. The van der Waals surface area contributed by atoms with Gasteiger partial charge in [0.05, 0.1) is 12.2 Å². The van der Waals surface area contributed by atoms with Gasteiger partial charge in [0.1, 0.15) is 0 Å². The molecule has 0 spiro atoms. The van der Waals surface area contributed by atoms with E-state index in [2.05, 4.69) is 15.6 Å². The second-order valence-electron chi connectivity index (χ2n) is 7.52. The largest absolute Gasteiger partial charge is 0.336 e. The fourth-order valence-electron chi connectivity index (χ4n) is 4.01. The van der Waals surface area contributed by atoms with Crippen molar-refractivity contribution in [2.45, 2.75) is 31.8 Å². The zero-order valence-corrected chi connectivity index (χ0v) is 17.7. The Labute approximate surface area is 183 Å². The van der Waals surface area contributed by atoms with Crippen molar-refractivity contribution in [1.82, 2.24) is 20.5 Å². The molecule has 2 saturated heterocycles. The molecular formula is C22H28ClN5O2. The lowest BCUT2D eigenvalue weighted by Crippen LogP contribution is -2.40. The highest BCUT2D eigenvalue weighted by Gasteiger charge is 2.27. The van der Waals surface area contributed by atoms with Gasteiger partial charge >= 0.3 is 6.03 Å². The van der Waals surface area contributed by atoms with E-state index in [-0.39, 0.29) is 30.4 Å². The maximum Gasteiger partial charge on any atom is 0.321 e. The molecule has 2 aromatic rings. The number of urea groups is 1. The smallest absolute Gasteiger partial charge is 0.321 e. The van der Waals surface area contributed by atoms with Gasteiger partial charge in [0.15, 0.2) is 0 Å². The molecule has 0 radical (unpaired) electrons. The summed E-state index contributed by atoms with van der Waals surface area (Å²) in [6.07, 6.45) is 4.74. The van der Waals surface area contributed by atoms with Crippen LogP contribution >= 0.6 is 12.4 Å². The van der Waals surface area contributed by atoms with Crippen molar-refractivity contribution in [3.05, 3.63) is 59.9 Å². The van der Waals surface area contributed by atoms with Gasteiger partial charge in [-0.3, -0.25) is 14.7 Å². The minimum atomic E-state index is -0.0909. The van der Waals surface area contributed by atoms with Crippen LogP contribution < -0.4 is 15.5 Å². The Bertz CT molecular complexity index is 838. The molecule has 2 aliphatic heterocycles. The van der Waals surface area contributed by atoms with Crippen molar-refractivity contribution in [2.24, 2.45) is 0 Å². The van der Waals surface area contributed by atoms with Gasteiger partial charge in [-0.2, -0.15) is 0 Å². The van der Waals surface area contributed by atoms with Crippen molar-refractivity contribution in [1.29, 1.82) is 0 Å². The summed E-state index contributed by atoms with van der Waals surface area (Å²) >= 11 is 0. The Balaban J connectivity index is 0.00000256. The highest BCUT2D eigenvalue weighted by molar-refractivity contribution is 5.97. The fraction of sp³-hybridized carbons (Fsp3) is 0.409. The molecule has 3 heterocycles. The number of pyridine rings is 1. The minimum Gasteiger partial charge on any atom is -0.336 e. The third-order valence-corrected chi connectivity index (χ3v) is 5.59. The minimum absolute atomic E-state index is 0. The van der Waals surface area contributed by atoms with Crippen LogP contribution in [0.4, 0.5) is 10.5 Å². The first-order chi connectivity index (χ1) is 14.2. The number of halogens is 1. The molecule has 30 heavy (non-hydrogen) atoms. The highest BCUT2D eigenvalue weighted by atomic mass is 35.5. The monoisotopic (exact) mass is 429 g/mol. The van der Waals surface area contributed by atoms with Crippen molar-refractivity contribution in [3.63, 3.8) is 0 Å². The number of hydrogen-bond acceptors (Lipinski definition) is 4. The number of aromatic nitrogens is 1. The van der Waals surface area contributed by atoms with Crippen LogP contribution in [0.5, 0.6) is 0 Å². The summed E-state index contributed by atoms with van der Waals surface area (Å²) < 4.78 is 0. The van der Waals surface area contributed by atoms with Crippen LogP contribution in [0.1, 0.15) is 35.3 Å². The van der Waals surface area contributed by atoms with E-state index in [9.17, 15) is 9.59 Å². The predicted molar refractivity (Wildman–Crippen MR) is 119 cm³/mol. The maximum atomic E-state index is 13.4. The van der Waals surface area contributed by atoms with Gasteiger partial charge in [0, 0.05) is 36.6 Å². The Morgan fingerprint density at radius 1 is 1.10 bits per heavy atom. The average molecular weight is 430 g/mol. The number of carbonyl (C=O) groups is 2. The van der Waals surface area contributed by atoms with Crippen molar-refractivity contribution >= 4 is 30.0 Å². The molecule has 3 amide bonds. The number of benzene rings is 1. The van der Waals surface area contributed by atoms with Crippen LogP contribution in [-0.4, -0.2) is 54.0 Å². The lowest BCUT2D eigenvalue weighted by Gasteiger charge is -2.31. The average Bonchev–Trinajstić information content (AvgIpc) is 3.01. The molecule has 4 rings (SSSR count). The molecule has 0 aliphatic carbocycles. The van der Waals surface area contributed by atoms with Crippen LogP contribution in [0.2, 0.25) is 0 Å². The van der Waals surface area contributed by atoms with Crippen LogP contribution in [-0.2, 0) is 6.54 Å². The topological polar surface area (TPSA) is 77.6 Å². The Morgan fingerprint density at radius 3 is 2.63 bits per heavy atom. The molecule has 7 nitrogen and oxygen atoms in total. The van der Waals surface area contributed by atoms with Crippen molar-refractivity contribution in [3.8, 4) is 0 Å². The molecule has 160 valence electrons. The number of carbonyl (C=O) groups excluding carboxylic acids is 2. The zero-order chi connectivity index (χ0) is 20.1. The van der Waals surface area contributed by atoms with Gasteiger partial charge in [-0.15, -0.1) is 12.4 Å². The molecule has 2 fully saturated rings. The number of hydrogen-bond donors (Lipinski definition) is 2. The van der Waals surface area contributed by atoms with Crippen LogP contribution in [0.3, 0.4) is 0 Å². The Hall–Kier alpha value is -2.64. The standard InChI is InChI=1S/C22H27N5O2.ClH/c28-21(17-6-8-20(9-7-17)26-15-14-25-22(26)29)27(16-18-4-1-2-12-24-18)19-5-3-11-23-13-10-19;/h1-2,4,6-9,12,19,23H,3,5,10-11,13-16H2,(H,25,29);1H. The predicted octanol–water partition coefficient (Wildman–Crippen LogP) is 2.82. The van der Waals surface area contributed by atoms with E-state index in [1.54, 1.807) is 11.1 Å². The van der Waals surface area contributed by atoms with Crippen LogP contribution in [0.15, 0.2) is 48.7 Å². The Kier molecular flexibility index (Phi) is 7.65. The second kappa shape index (κ2) is 10.4. The van der Waals surface area contributed by atoms with E-state index < -0.39 is 0 Å². The third kappa shape index (κ3) is 5.09. The normalized spacial score (nSPS) is 18.9. The lowest BCUT2D eigenvalue weighted by molar-refractivity contribution is 0.0642. The van der Waals surface area contributed by atoms with Gasteiger partial charge in [-0.25, -0.2) is 4.79 Å². The first kappa shape index (κ1) is 22.1. The van der Waals surface area contributed by atoms with E-state index in [0.717, 1.165) is 43.7 Å². The van der Waals surface area contributed by atoms with Gasteiger partial charge in [-0.05, 0) is 68.8 Å². The fourth-order valence-corrected chi connectivity index (χ4v) is 4.01. The van der Waals surface area contributed by atoms with E-state index >= 15 is 0 Å². The van der Waals surface area contributed by atoms with Crippen LogP contribution in [0, 0.1) is 0 Å². The summed E-state index contributed by atoms with van der Waals surface area (Å²) in [6, 6.07) is 13.2. The number of amides is 3. The number of nitrogens with zero attached hydrogens (tertiary/aromatic N) is 3. The molecule has 8 heteroatoms. The van der Waals surface area contributed by atoms with Crippen LogP contribution in [0.25, 0.3) is 0 Å². The summed E-state index contributed by atoms with van der Waals surface area (Å²) in [5.41, 5.74) is 2.34. The maximum absolute atomic E-state index is 13.4. The Morgan fingerprint density at radius 2 is 1.93 bits per heavy atom. The van der Waals surface area contributed by atoms with Gasteiger partial charge in [-0.1, -0.05) is 6.07 Å². The molecular weight excluding hydrogens is 402 g/mol. The molecule has 1 aromatic carbocycles. The van der Waals surface area contributed by atoms with Crippen molar-refractivity contribution < 1.29 is 9.59 Å². The third-order valence-electron chi connectivity index (χ3n) is 5.59. The van der Waals surface area contributed by atoms with E-state index in [0.29, 0.717) is 25.2 Å². The molecule has 0 saturated carbocycles. The van der Waals surface area contributed by atoms with E-state index in [1.165, 1.54) is 0 Å². The summed E-state index contributed by atoms with van der Waals surface area (Å²) in [6.45, 7) is 3.70. The highest BCUT2D eigenvalue weighted by Crippen LogP contribution is 2.22. The van der Waals surface area contributed by atoms with Gasteiger partial charge in [0.25, 0.3) is 5.91 Å². The van der Waals surface area contributed by atoms with Gasteiger partial charge < -0.3 is 15.5 Å². The summed E-state index contributed by atoms with van der Waals surface area (Å²) in [7, 11) is 0. The number of nitrogens with one attached hydrogen (secondary N) is 2.